The molecule has 1 N–H and O–H groups in total. The minimum atomic E-state index is -0.499. The Hall–Kier alpha value is -3.33. The van der Waals surface area contributed by atoms with Crippen LogP contribution >= 0.6 is 0 Å². The first-order valence-electron chi connectivity index (χ1n) is 7.33. The number of anilines is 1. The number of nitriles is 1. The van der Waals surface area contributed by atoms with E-state index in [9.17, 15) is 9.59 Å². The van der Waals surface area contributed by atoms with Crippen LogP contribution in [0.15, 0.2) is 48.5 Å². The molecule has 6 nitrogen and oxygen atoms in total. The second-order valence-electron chi connectivity index (χ2n) is 4.74. The number of esters is 1. The Morgan fingerprint density at radius 2 is 1.83 bits per heavy atom. The highest BCUT2D eigenvalue weighted by atomic mass is 16.5. The van der Waals surface area contributed by atoms with Gasteiger partial charge in [0.2, 0.25) is 0 Å². The minimum Gasteiger partial charge on any atom is -0.483 e. The monoisotopic (exact) mass is 324 g/mol. The Bertz CT molecular complexity index is 763. The molecule has 0 aliphatic rings. The number of hydrogen-bond acceptors (Lipinski definition) is 5. The molecule has 0 unspecified atom stereocenters. The molecule has 0 heterocycles. The first-order chi connectivity index (χ1) is 11.6. The van der Waals surface area contributed by atoms with E-state index in [0.717, 1.165) is 0 Å². The highest BCUT2D eigenvalue weighted by Gasteiger charge is 2.14. The summed E-state index contributed by atoms with van der Waals surface area (Å²) in [4.78, 5) is 23.8. The summed E-state index contributed by atoms with van der Waals surface area (Å²) in [5, 5.41) is 11.4. The van der Waals surface area contributed by atoms with Gasteiger partial charge < -0.3 is 14.8 Å². The van der Waals surface area contributed by atoms with Gasteiger partial charge in [-0.15, -0.1) is 0 Å². The number of nitrogens with one attached hydrogen (secondary N) is 1. The van der Waals surface area contributed by atoms with E-state index in [1.807, 2.05) is 6.07 Å². The van der Waals surface area contributed by atoms with Crippen molar-refractivity contribution in [3.8, 4) is 11.8 Å². The third kappa shape index (κ3) is 4.58. The standard InChI is InChI=1S/C18H16N2O4/c1-2-23-18(22)15-5-3-4-6-16(15)24-12-17(21)20-14-9-7-13(11-19)8-10-14/h3-10H,2,12H2,1H3,(H,20,21). The van der Waals surface area contributed by atoms with E-state index in [2.05, 4.69) is 5.32 Å². The summed E-state index contributed by atoms with van der Waals surface area (Å²) in [6, 6.07) is 15.0. The lowest BCUT2D eigenvalue weighted by molar-refractivity contribution is -0.118. The van der Waals surface area contributed by atoms with Crippen molar-refractivity contribution in [2.45, 2.75) is 6.92 Å². The van der Waals surface area contributed by atoms with Gasteiger partial charge in [-0.3, -0.25) is 4.79 Å². The summed E-state index contributed by atoms with van der Waals surface area (Å²) in [7, 11) is 0. The molecule has 0 saturated carbocycles. The fraction of sp³-hybridized carbons (Fsp3) is 0.167. The van der Waals surface area contributed by atoms with E-state index in [1.54, 1.807) is 55.5 Å². The Morgan fingerprint density at radius 1 is 1.12 bits per heavy atom. The first-order valence-corrected chi connectivity index (χ1v) is 7.33. The number of amides is 1. The van der Waals surface area contributed by atoms with E-state index in [0.29, 0.717) is 11.3 Å². The van der Waals surface area contributed by atoms with Gasteiger partial charge in [0, 0.05) is 5.69 Å². The molecule has 6 heteroatoms. The van der Waals surface area contributed by atoms with Gasteiger partial charge in [-0.1, -0.05) is 12.1 Å². The van der Waals surface area contributed by atoms with Crippen LogP contribution in [0.2, 0.25) is 0 Å². The van der Waals surface area contributed by atoms with Crippen LogP contribution in [-0.2, 0) is 9.53 Å². The summed E-state index contributed by atoms with van der Waals surface area (Å²) in [5.74, 6) is -0.593. The molecule has 0 radical (unpaired) electrons. The molecule has 0 saturated heterocycles. The van der Waals surface area contributed by atoms with Gasteiger partial charge in [0.1, 0.15) is 11.3 Å². The van der Waals surface area contributed by atoms with E-state index >= 15 is 0 Å². The molecule has 0 fully saturated rings. The quantitative estimate of drug-likeness (QED) is 0.825. The number of nitrogens with zero attached hydrogens (tertiary/aromatic N) is 1. The molecule has 0 spiro atoms. The molecular weight excluding hydrogens is 308 g/mol. The molecule has 122 valence electrons. The molecule has 0 atom stereocenters. The Labute approximate surface area is 139 Å². The van der Waals surface area contributed by atoms with E-state index in [1.165, 1.54) is 0 Å². The second-order valence-corrected chi connectivity index (χ2v) is 4.74. The summed E-state index contributed by atoms with van der Waals surface area (Å²) in [6.45, 7) is 1.72. The van der Waals surface area contributed by atoms with Gasteiger partial charge in [-0.05, 0) is 43.3 Å². The van der Waals surface area contributed by atoms with Crippen molar-refractivity contribution in [1.82, 2.24) is 0 Å². The van der Waals surface area contributed by atoms with Crippen molar-refractivity contribution in [2.75, 3.05) is 18.5 Å². The van der Waals surface area contributed by atoms with Gasteiger partial charge in [-0.2, -0.15) is 5.26 Å². The predicted molar refractivity (Wildman–Crippen MR) is 87.7 cm³/mol. The largest absolute Gasteiger partial charge is 0.483 e. The number of rotatable bonds is 6. The van der Waals surface area contributed by atoms with Gasteiger partial charge in [0.05, 0.1) is 18.2 Å². The average Bonchev–Trinajstić information content (AvgIpc) is 2.61. The highest BCUT2D eigenvalue weighted by molar-refractivity contribution is 5.94. The lowest BCUT2D eigenvalue weighted by Crippen LogP contribution is -2.21. The smallest absolute Gasteiger partial charge is 0.341 e. The van der Waals surface area contributed by atoms with Crippen LogP contribution in [0.3, 0.4) is 0 Å². The zero-order chi connectivity index (χ0) is 17.4. The first kappa shape index (κ1) is 17.0. The number of hydrogen-bond donors (Lipinski definition) is 1. The van der Waals surface area contributed by atoms with Crippen LogP contribution in [0, 0.1) is 11.3 Å². The molecule has 0 aliphatic carbocycles. The Kier molecular flexibility index (Phi) is 5.92. The molecule has 0 aliphatic heterocycles. The number of ether oxygens (including phenoxy) is 2. The van der Waals surface area contributed by atoms with Crippen molar-refractivity contribution < 1.29 is 19.1 Å². The van der Waals surface area contributed by atoms with Crippen LogP contribution in [0.4, 0.5) is 5.69 Å². The predicted octanol–water partition coefficient (Wildman–Crippen LogP) is 2.75. The summed E-state index contributed by atoms with van der Waals surface area (Å²) >= 11 is 0. The van der Waals surface area contributed by atoms with Crippen LogP contribution in [0.1, 0.15) is 22.8 Å². The fourth-order valence-electron chi connectivity index (χ4n) is 1.94. The van der Waals surface area contributed by atoms with Crippen LogP contribution in [-0.4, -0.2) is 25.1 Å². The maximum Gasteiger partial charge on any atom is 0.341 e. The van der Waals surface area contributed by atoms with E-state index < -0.39 is 5.97 Å². The van der Waals surface area contributed by atoms with Gasteiger partial charge in [0.15, 0.2) is 6.61 Å². The van der Waals surface area contributed by atoms with Crippen molar-refractivity contribution in [1.29, 1.82) is 5.26 Å². The number of carbonyl (C=O) groups excluding carboxylic acids is 2. The second kappa shape index (κ2) is 8.34. The lowest BCUT2D eigenvalue weighted by atomic mass is 10.2. The van der Waals surface area contributed by atoms with Gasteiger partial charge in [-0.25, -0.2) is 4.79 Å². The molecule has 1 amide bonds. The maximum atomic E-state index is 11.9. The van der Waals surface area contributed by atoms with Crippen LogP contribution in [0.25, 0.3) is 0 Å². The van der Waals surface area contributed by atoms with E-state index in [4.69, 9.17) is 14.7 Å². The SMILES string of the molecule is CCOC(=O)c1ccccc1OCC(=O)Nc1ccc(C#N)cc1. The lowest BCUT2D eigenvalue weighted by Gasteiger charge is -2.11. The maximum absolute atomic E-state index is 11.9. The summed E-state index contributed by atoms with van der Waals surface area (Å²) in [6.07, 6.45) is 0. The Balaban J connectivity index is 1.96. The molecule has 2 rings (SSSR count). The molecule has 2 aromatic rings. The Morgan fingerprint density at radius 3 is 2.50 bits per heavy atom. The van der Waals surface area contributed by atoms with Crippen LogP contribution in [0.5, 0.6) is 5.75 Å². The van der Waals surface area contributed by atoms with Crippen molar-refractivity contribution in [2.24, 2.45) is 0 Å². The van der Waals surface area contributed by atoms with Crippen molar-refractivity contribution >= 4 is 17.6 Å². The fourth-order valence-corrected chi connectivity index (χ4v) is 1.94. The van der Waals surface area contributed by atoms with Crippen molar-refractivity contribution in [3.63, 3.8) is 0 Å². The van der Waals surface area contributed by atoms with Crippen molar-refractivity contribution in [3.05, 3.63) is 59.7 Å². The minimum absolute atomic E-state index is 0.254. The molecular formula is C18H16N2O4. The third-order valence-electron chi connectivity index (χ3n) is 3.04. The third-order valence-corrected chi connectivity index (χ3v) is 3.04. The normalized spacial score (nSPS) is 9.67. The zero-order valence-electron chi connectivity index (χ0n) is 13.1. The zero-order valence-corrected chi connectivity index (χ0v) is 13.1. The highest BCUT2D eigenvalue weighted by Crippen LogP contribution is 2.19. The average molecular weight is 324 g/mol. The molecule has 0 bridgehead atoms. The van der Waals surface area contributed by atoms with Crippen LogP contribution < -0.4 is 10.1 Å². The molecule has 24 heavy (non-hydrogen) atoms. The topological polar surface area (TPSA) is 88.4 Å². The molecule has 0 aromatic heterocycles. The number of benzene rings is 2. The summed E-state index contributed by atoms with van der Waals surface area (Å²) < 4.78 is 10.4. The van der Waals surface area contributed by atoms with Gasteiger partial charge in [0.25, 0.3) is 5.91 Å². The van der Waals surface area contributed by atoms with Gasteiger partial charge >= 0.3 is 5.97 Å². The number of para-hydroxylation sites is 1. The summed E-state index contributed by atoms with van der Waals surface area (Å²) in [5.41, 5.74) is 1.33. The van der Waals surface area contributed by atoms with E-state index in [-0.39, 0.29) is 30.4 Å². The molecule has 2 aromatic carbocycles. The number of carbonyl (C=O) groups is 2.